The lowest BCUT2D eigenvalue weighted by molar-refractivity contribution is 0.111. The Morgan fingerprint density at radius 3 is 2.68 bits per heavy atom. The fraction of sp³-hybridized carbons (Fsp3) is 0.176. The van der Waals surface area contributed by atoms with Crippen molar-refractivity contribution in [2.24, 2.45) is 0 Å². The number of hydrogen-bond donors (Lipinski definition) is 0. The van der Waals surface area contributed by atoms with E-state index in [4.69, 9.17) is 0 Å². The van der Waals surface area contributed by atoms with Gasteiger partial charge in [-0.2, -0.15) is 0 Å². The van der Waals surface area contributed by atoms with Gasteiger partial charge in [0.05, 0.1) is 0 Å². The second-order valence-electron chi connectivity index (χ2n) is 5.00. The van der Waals surface area contributed by atoms with E-state index in [1.807, 2.05) is 30.3 Å². The molecule has 3 aromatic rings. The molecule has 0 aliphatic carbocycles. The molecular formula is C17H16N4O. The minimum absolute atomic E-state index is 0.354. The van der Waals surface area contributed by atoms with Crippen LogP contribution in [0.4, 0.5) is 0 Å². The maximum absolute atomic E-state index is 11.2. The maximum Gasteiger partial charge on any atom is 0.172 e. The van der Waals surface area contributed by atoms with Crippen LogP contribution in [-0.4, -0.2) is 26.3 Å². The molecule has 0 unspecified atom stereocenters. The molecule has 0 N–H and O–H groups in total. The van der Waals surface area contributed by atoms with Crippen molar-refractivity contribution in [3.8, 4) is 11.3 Å². The van der Waals surface area contributed by atoms with Crippen LogP contribution < -0.4 is 0 Å². The maximum atomic E-state index is 11.2. The first-order valence-corrected chi connectivity index (χ1v) is 7.21. The third-order valence-corrected chi connectivity index (χ3v) is 3.49. The van der Waals surface area contributed by atoms with Gasteiger partial charge in [0.1, 0.15) is 5.69 Å². The van der Waals surface area contributed by atoms with Gasteiger partial charge in [-0.15, -0.1) is 5.10 Å². The second-order valence-corrected chi connectivity index (χ2v) is 5.00. The fourth-order valence-electron chi connectivity index (χ4n) is 2.44. The summed E-state index contributed by atoms with van der Waals surface area (Å²) >= 11 is 0. The van der Waals surface area contributed by atoms with Gasteiger partial charge in [-0.25, -0.2) is 4.68 Å². The minimum atomic E-state index is 0.354. The molecule has 3 rings (SSSR count). The van der Waals surface area contributed by atoms with Crippen molar-refractivity contribution >= 4 is 6.29 Å². The third kappa shape index (κ3) is 3.09. The van der Waals surface area contributed by atoms with Crippen molar-refractivity contribution in [2.45, 2.75) is 19.4 Å². The summed E-state index contributed by atoms with van der Waals surface area (Å²) in [6.45, 7) is 0.708. The average Bonchev–Trinajstić information content (AvgIpc) is 2.99. The van der Waals surface area contributed by atoms with E-state index >= 15 is 0 Å². The quantitative estimate of drug-likeness (QED) is 0.655. The summed E-state index contributed by atoms with van der Waals surface area (Å²) in [5.41, 5.74) is 3.24. The van der Waals surface area contributed by atoms with Crippen LogP contribution in [0.25, 0.3) is 11.3 Å². The summed E-state index contributed by atoms with van der Waals surface area (Å²) in [6, 6.07) is 14.1. The topological polar surface area (TPSA) is 60.7 Å². The normalized spacial score (nSPS) is 10.5. The van der Waals surface area contributed by atoms with Crippen LogP contribution in [0, 0.1) is 0 Å². The molecule has 5 heteroatoms. The standard InChI is InChI=1S/C17H16N4O/c22-13-16-17(15-9-4-10-18-12-15)21(20-19-16)11-5-8-14-6-2-1-3-7-14/h1-4,6-7,9-10,12-13H,5,8,11H2. The molecule has 0 aliphatic heterocycles. The monoisotopic (exact) mass is 292 g/mol. The third-order valence-electron chi connectivity index (χ3n) is 3.49. The molecule has 5 nitrogen and oxygen atoms in total. The Labute approximate surface area is 128 Å². The second kappa shape index (κ2) is 6.76. The van der Waals surface area contributed by atoms with Gasteiger partial charge in [-0.3, -0.25) is 9.78 Å². The lowest BCUT2D eigenvalue weighted by Crippen LogP contribution is -2.04. The molecule has 1 aromatic carbocycles. The molecule has 2 heterocycles. The molecule has 0 radical (unpaired) electrons. The van der Waals surface area contributed by atoms with Crippen LogP contribution in [0.3, 0.4) is 0 Å². The highest BCUT2D eigenvalue weighted by Crippen LogP contribution is 2.20. The number of carbonyl (C=O) groups excluding carboxylic acids is 1. The van der Waals surface area contributed by atoms with E-state index < -0.39 is 0 Å². The summed E-state index contributed by atoms with van der Waals surface area (Å²) in [7, 11) is 0. The molecule has 0 aliphatic rings. The van der Waals surface area contributed by atoms with E-state index in [9.17, 15) is 4.79 Å². The van der Waals surface area contributed by atoms with Gasteiger partial charge in [0.15, 0.2) is 12.0 Å². The zero-order chi connectivity index (χ0) is 15.2. The molecule has 0 atom stereocenters. The Hall–Kier alpha value is -2.82. The van der Waals surface area contributed by atoms with E-state index in [1.165, 1.54) is 5.56 Å². The average molecular weight is 292 g/mol. The first kappa shape index (κ1) is 14.1. The van der Waals surface area contributed by atoms with Gasteiger partial charge < -0.3 is 0 Å². The van der Waals surface area contributed by atoms with Crippen molar-refractivity contribution in [3.63, 3.8) is 0 Å². The molecule has 110 valence electrons. The Morgan fingerprint density at radius 2 is 1.95 bits per heavy atom. The molecule has 2 aromatic heterocycles. The summed E-state index contributed by atoms with van der Waals surface area (Å²) in [4.78, 5) is 15.3. The van der Waals surface area contributed by atoms with Crippen molar-refractivity contribution in [1.29, 1.82) is 0 Å². The predicted molar refractivity (Wildman–Crippen MR) is 83.4 cm³/mol. The summed E-state index contributed by atoms with van der Waals surface area (Å²) in [6.07, 6.45) is 6.05. The van der Waals surface area contributed by atoms with E-state index in [0.29, 0.717) is 12.2 Å². The number of pyridine rings is 1. The molecule has 0 spiro atoms. The van der Waals surface area contributed by atoms with Crippen LogP contribution >= 0.6 is 0 Å². The summed E-state index contributed by atoms with van der Waals surface area (Å²) in [5, 5.41) is 8.06. The first-order valence-electron chi connectivity index (χ1n) is 7.21. The van der Waals surface area contributed by atoms with Crippen LogP contribution in [0.1, 0.15) is 22.5 Å². The van der Waals surface area contributed by atoms with Crippen LogP contribution in [0.5, 0.6) is 0 Å². The van der Waals surface area contributed by atoms with Gasteiger partial charge in [-0.1, -0.05) is 35.5 Å². The number of aryl methyl sites for hydroxylation is 2. The lowest BCUT2D eigenvalue weighted by Gasteiger charge is -2.07. The van der Waals surface area contributed by atoms with E-state index in [-0.39, 0.29) is 0 Å². The smallest absolute Gasteiger partial charge is 0.172 e. The highest BCUT2D eigenvalue weighted by atomic mass is 16.1. The highest BCUT2D eigenvalue weighted by Gasteiger charge is 2.14. The number of carbonyl (C=O) groups is 1. The zero-order valence-corrected chi connectivity index (χ0v) is 12.1. The van der Waals surface area contributed by atoms with Gasteiger partial charge in [-0.05, 0) is 30.5 Å². The largest absolute Gasteiger partial charge is 0.296 e. The number of nitrogens with zero attached hydrogens (tertiary/aromatic N) is 4. The van der Waals surface area contributed by atoms with Crippen molar-refractivity contribution in [2.75, 3.05) is 0 Å². The van der Waals surface area contributed by atoms with Gasteiger partial charge in [0.25, 0.3) is 0 Å². The van der Waals surface area contributed by atoms with Gasteiger partial charge in [0, 0.05) is 24.5 Å². The molecule has 0 saturated carbocycles. The number of aldehydes is 1. The van der Waals surface area contributed by atoms with Crippen LogP contribution in [0.2, 0.25) is 0 Å². The number of benzene rings is 1. The molecule has 0 fully saturated rings. The van der Waals surface area contributed by atoms with Gasteiger partial charge >= 0.3 is 0 Å². The predicted octanol–water partition coefficient (Wildman–Crippen LogP) is 2.79. The van der Waals surface area contributed by atoms with Crippen molar-refractivity contribution < 1.29 is 4.79 Å². The minimum Gasteiger partial charge on any atom is -0.296 e. The SMILES string of the molecule is O=Cc1nnn(CCCc2ccccc2)c1-c1cccnc1. The summed E-state index contributed by atoms with van der Waals surface area (Å²) in [5.74, 6) is 0. The van der Waals surface area contributed by atoms with E-state index in [1.54, 1.807) is 17.1 Å². The van der Waals surface area contributed by atoms with Crippen molar-refractivity contribution in [1.82, 2.24) is 20.0 Å². The van der Waals surface area contributed by atoms with Crippen LogP contribution in [0.15, 0.2) is 54.9 Å². The fourth-order valence-corrected chi connectivity index (χ4v) is 2.44. The molecule has 0 amide bonds. The zero-order valence-electron chi connectivity index (χ0n) is 12.1. The Kier molecular flexibility index (Phi) is 4.34. The summed E-state index contributed by atoms with van der Waals surface area (Å²) < 4.78 is 1.78. The van der Waals surface area contributed by atoms with E-state index in [0.717, 1.165) is 30.4 Å². The molecule has 22 heavy (non-hydrogen) atoms. The molecular weight excluding hydrogens is 276 g/mol. The van der Waals surface area contributed by atoms with Crippen LogP contribution in [-0.2, 0) is 13.0 Å². The number of hydrogen-bond acceptors (Lipinski definition) is 4. The number of aromatic nitrogens is 4. The Morgan fingerprint density at radius 1 is 1.09 bits per heavy atom. The highest BCUT2D eigenvalue weighted by molar-refractivity contribution is 5.82. The number of rotatable bonds is 6. The Balaban J connectivity index is 1.77. The van der Waals surface area contributed by atoms with E-state index in [2.05, 4.69) is 27.4 Å². The molecule has 0 saturated heterocycles. The molecule has 0 bridgehead atoms. The van der Waals surface area contributed by atoms with Crippen molar-refractivity contribution in [3.05, 3.63) is 66.1 Å². The van der Waals surface area contributed by atoms with Gasteiger partial charge in [0.2, 0.25) is 0 Å². The first-order chi connectivity index (χ1) is 10.9. The Bertz CT molecular complexity index is 738. The lowest BCUT2D eigenvalue weighted by atomic mass is 10.1.